The molecule has 0 aromatic heterocycles. The van der Waals surface area contributed by atoms with Crippen LogP contribution in [0, 0.1) is 0 Å². The van der Waals surface area contributed by atoms with Crippen molar-refractivity contribution in [2.24, 2.45) is 0 Å². The van der Waals surface area contributed by atoms with Gasteiger partial charge in [0.25, 0.3) is 5.91 Å². The number of nitrogens with zero attached hydrogens (tertiary/aromatic N) is 1. The van der Waals surface area contributed by atoms with Crippen LogP contribution in [-0.2, 0) is 9.59 Å². The third-order valence-corrected chi connectivity index (χ3v) is 3.91. The molecular formula is C15H20N2O4. The Balaban J connectivity index is 2.46. The maximum Gasteiger partial charge on any atom is 0.305 e. The third kappa shape index (κ3) is 2.66. The molecule has 0 bridgehead atoms. The van der Waals surface area contributed by atoms with Crippen LogP contribution in [0.1, 0.15) is 33.1 Å². The minimum atomic E-state index is -0.946. The van der Waals surface area contributed by atoms with E-state index >= 15 is 0 Å². The molecule has 0 saturated heterocycles. The summed E-state index contributed by atoms with van der Waals surface area (Å²) >= 11 is 0. The van der Waals surface area contributed by atoms with Gasteiger partial charge in [0.2, 0.25) is 0 Å². The Bertz CT molecular complexity index is 567. The summed E-state index contributed by atoms with van der Waals surface area (Å²) in [6, 6.07) is 5.08. The van der Waals surface area contributed by atoms with E-state index in [1.807, 2.05) is 13.8 Å². The number of rotatable bonds is 5. The van der Waals surface area contributed by atoms with Crippen LogP contribution in [0.4, 0.5) is 11.4 Å². The summed E-state index contributed by atoms with van der Waals surface area (Å²) in [5.74, 6) is -0.580. The van der Waals surface area contributed by atoms with Gasteiger partial charge in [0.05, 0.1) is 12.1 Å². The highest BCUT2D eigenvalue weighted by Gasteiger charge is 2.45. The van der Waals surface area contributed by atoms with Crippen molar-refractivity contribution in [3.63, 3.8) is 0 Å². The molecule has 1 aliphatic heterocycles. The van der Waals surface area contributed by atoms with Gasteiger partial charge in [-0.3, -0.25) is 9.59 Å². The highest BCUT2D eigenvalue weighted by atomic mass is 16.5. The summed E-state index contributed by atoms with van der Waals surface area (Å²) in [5, 5.41) is 8.88. The largest absolute Gasteiger partial charge is 0.481 e. The Morgan fingerprint density at radius 1 is 1.38 bits per heavy atom. The smallest absolute Gasteiger partial charge is 0.305 e. The van der Waals surface area contributed by atoms with Gasteiger partial charge in [-0.15, -0.1) is 0 Å². The first-order chi connectivity index (χ1) is 9.93. The summed E-state index contributed by atoms with van der Waals surface area (Å²) in [4.78, 5) is 25.1. The van der Waals surface area contributed by atoms with Crippen LogP contribution in [0.15, 0.2) is 18.2 Å². The topological polar surface area (TPSA) is 92.9 Å². The second-order valence-corrected chi connectivity index (χ2v) is 5.13. The number of carboxylic acids is 1. The Labute approximate surface area is 123 Å². The molecule has 0 fully saturated rings. The van der Waals surface area contributed by atoms with Crippen LogP contribution < -0.4 is 15.4 Å². The van der Waals surface area contributed by atoms with Crippen LogP contribution >= 0.6 is 0 Å². The molecule has 114 valence electrons. The zero-order valence-electron chi connectivity index (χ0n) is 12.3. The number of benzene rings is 1. The van der Waals surface area contributed by atoms with Gasteiger partial charge in [0.1, 0.15) is 5.75 Å². The number of aliphatic carboxylic acids is 1. The molecule has 1 aromatic carbocycles. The zero-order valence-corrected chi connectivity index (χ0v) is 12.3. The fraction of sp³-hybridized carbons (Fsp3) is 0.467. The second kappa shape index (κ2) is 5.63. The maximum atomic E-state index is 12.8. The molecule has 0 radical (unpaired) electrons. The zero-order chi connectivity index (χ0) is 15.6. The predicted octanol–water partition coefficient (Wildman–Crippen LogP) is 2.03. The second-order valence-electron chi connectivity index (χ2n) is 5.13. The lowest BCUT2D eigenvalue weighted by atomic mass is 9.92. The van der Waals surface area contributed by atoms with Crippen LogP contribution in [-0.4, -0.2) is 29.1 Å². The number of anilines is 2. The average molecular weight is 292 g/mol. The van der Waals surface area contributed by atoms with Crippen molar-refractivity contribution < 1.29 is 19.4 Å². The van der Waals surface area contributed by atoms with Gasteiger partial charge < -0.3 is 20.5 Å². The number of ether oxygens (including phenoxy) is 1. The molecule has 6 nitrogen and oxygen atoms in total. The fourth-order valence-corrected chi connectivity index (χ4v) is 2.57. The van der Waals surface area contributed by atoms with E-state index in [9.17, 15) is 9.59 Å². The molecule has 3 N–H and O–H groups in total. The van der Waals surface area contributed by atoms with Gasteiger partial charge in [-0.05, 0) is 31.0 Å². The number of carbonyl (C=O) groups excluding carboxylic acids is 1. The third-order valence-electron chi connectivity index (χ3n) is 3.91. The van der Waals surface area contributed by atoms with Crippen LogP contribution in [0.2, 0.25) is 0 Å². The van der Waals surface area contributed by atoms with E-state index in [0.717, 1.165) is 0 Å². The summed E-state index contributed by atoms with van der Waals surface area (Å²) in [7, 11) is 0. The highest BCUT2D eigenvalue weighted by molar-refractivity contribution is 6.03. The number of nitrogen functional groups attached to an aromatic ring is 1. The van der Waals surface area contributed by atoms with E-state index in [1.165, 1.54) is 4.90 Å². The van der Waals surface area contributed by atoms with Crippen molar-refractivity contribution in [3.8, 4) is 5.75 Å². The number of hydrogen-bond acceptors (Lipinski definition) is 4. The lowest BCUT2D eigenvalue weighted by Crippen LogP contribution is -2.56. The highest BCUT2D eigenvalue weighted by Crippen LogP contribution is 2.41. The molecule has 6 heteroatoms. The first kappa shape index (κ1) is 15.2. The Morgan fingerprint density at radius 2 is 2.05 bits per heavy atom. The van der Waals surface area contributed by atoms with Crippen molar-refractivity contribution in [2.75, 3.05) is 17.2 Å². The molecule has 1 amide bonds. The fourth-order valence-electron chi connectivity index (χ4n) is 2.57. The van der Waals surface area contributed by atoms with Crippen LogP contribution in [0.5, 0.6) is 5.75 Å². The molecule has 1 aromatic rings. The molecule has 1 aliphatic rings. The molecular weight excluding hydrogens is 272 g/mol. The van der Waals surface area contributed by atoms with Gasteiger partial charge in [-0.25, -0.2) is 0 Å². The number of hydrogen-bond donors (Lipinski definition) is 2. The average Bonchev–Trinajstić information content (AvgIpc) is 2.46. The van der Waals surface area contributed by atoms with Gasteiger partial charge in [-0.1, -0.05) is 13.8 Å². The molecule has 1 heterocycles. The molecule has 0 atom stereocenters. The van der Waals surface area contributed by atoms with E-state index < -0.39 is 11.6 Å². The van der Waals surface area contributed by atoms with Gasteiger partial charge in [-0.2, -0.15) is 0 Å². The molecule has 0 unspecified atom stereocenters. The normalized spacial score (nSPS) is 16.3. The molecule has 0 aliphatic carbocycles. The minimum Gasteiger partial charge on any atom is -0.481 e. The van der Waals surface area contributed by atoms with E-state index in [-0.39, 0.29) is 18.9 Å². The van der Waals surface area contributed by atoms with Crippen molar-refractivity contribution >= 4 is 23.3 Å². The number of nitrogens with two attached hydrogens (primary N) is 1. The summed E-state index contributed by atoms with van der Waals surface area (Å²) < 4.78 is 5.93. The van der Waals surface area contributed by atoms with Crippen molar-refractivity contribution in [1.82, 2.24) is 0 Å². The Morgan fingerprint density at radius 3 is 2.62 bits per heavy atom. The van der Waals surface area contributed by atoms with E-state index in [4.69, 9.17) is 15.6 Å². The van der Waals surface area contributed by atoms with Gasteiger partial charge >= 0.3 is 5.97 Å². The van der Waals surface area contributed by atoms with E-state index in [1.54, 1.807) is 18.2 Å². The van der Waals surface area contributed by atoms with E-state index in [2.05, 4.69) is 0 Å². The Hall–Kier alpha value is -2.24. The molecule has 0 saturated carbocycles. The van der Waals surface area contributed by atoms with Crippen LogP contribution in [0.3, 0.4) is 0 Å². The monoisotopic (exact) mass is 292 g/mol. The molecule has 21 heavy (non-hydrogen) atoms. The first-order valence-corrected chi connectivity index (χ1v) is 7.06. The lowest BCUT2D eigenvalue weighted by Gasteiger charge is -2.42. The SMILES string of the molecule is CCC1(CC)Oc2ccc(N)cc2N(CCC(=O)O)C1=O. The lowest BCUT2D eigenvalue weighted by molar-refractivity contribution is -0.138. The van der Waals surface area contributed by atoms with Crippen molar-refractivity contribution in [2.45, 2.75) is 38.7 Å². The number of carbonyl (C=O) groups is 2. The first-order valence-electron chi connectivity index (χ1n) is 7.06. The van der Waals surface area contributed by atoms with Gasteiger partial charge in [0.15, 0.2) is 5.60 Å². The quantitative estimate of drug-likeness (QED) is 0.810. The summed E-state index contributed by atoms with van der Waals surface area (Å²) in [6.45, 7) is 3.88. The maximum absolute atomic E-state index is 12.8. The van der Waals surface area contributed by atoms with Crippen LogP contribution in [0.25, 0.3) is 0 Å². The van der Waals surface area contributed by atoms with Crippen molar-refractivity contribution in [3.05, 3.63) is 18.2 Å². The summed E-state index contributed by atoms with van der Waals surface area (Å²) in [6.07, 6.45) is 0.926. The number of amides is 1. The summed E-state index contributed by atoms with van der Waals surface area (Å²) in [5.41, 5.74) is 5.89. The van der Waals surface area contributed by atoms with E-state index in [0.29, 0.717) is 30.0 Å². The predicted molar refractivity (Wildman–Crippen MR) is 79.4 cm³/mol. The molecule has 2 rings (SSSR count). The number of carboxylic acid groups (broad SMARTS) is 1. The van der Waals surface area contributed by atoms with Crippen molar-refractivity contribution in [1.29, 1.82) is 0 Å². The Kier molecular flexibility index (Phi) is 4.06. The number of fused-ring (bicyclic) bond motifs is 1. The van der Waals surface area contributed by atoms with Gasteiger partial charge in [0, 0.05) is 12.2 Å². The standard InChI is InChI=1S/C15H20N2O4/c1-3-15(4-2)14(20)17(8-7-13(18)19)11-9-10(16)5-6-12(11)21-15/h5-6,9H,3-4,7-8,16H2,1-2H3,(H,18,19). The molecule has 0 spiro atoms. The minimum absolute atomic E-state index is 0.107.